The number of ether oxygens (including phenoxy) is 1. The van der Waals surface area contributed by atoms with E-state index in [0.717, 1.165) is 25.9 Å². The van der Waals surface area contributed by atoms with E-state index >= 15 is 0 Å². The van der Waals surface area contributed by atoms with Crippen LogP contribution in [0.25, 0.3) is 0 Å². The first-order valence-electron chi connectivity index (χ1n) is 5.54. The van der Waals surface area contributed by atoms with Gasteiger partial charge in [0.05, 0.1) is 12.7 Å². The second-order valence-corrected chi connectivity index (χ2v) is 4.94. The first-order chi connectivity index (χ1) is 6.62. The Kier molecular flexibility index (Phi) is 4.35. The molecule has 1 fully saturated rings. The van der Waals surface area contributed by atoms with Gasteiger partial charge in [-0.05, 0) is 30.6 Å². The summed E-state index contributed by atoms with van der Waals surface area (Å²) >= 11 is 0. The highest BCUT2D eigenvalue weighted by Crippen LogP contribution is 2.40. The van der Waals surface area contributed by atoms with Crippen molar-refractivity contribution in [3.05, 3.63) is 0 Å². The molecule has 0 saturated carbocycles. The molecule has 0 amide bonds. The molecule has 1 rings (SSSR count). The topological polar surface area (TPSA) is 55.5 Å². The van der Waals surface area contributed by atoms with E-state index in [-0.39, 0.29) is 18.1 Å². The molecule has 0 spiro atoms. The largest absolute Gasteiger partial charge is 0.396 e. The Hall–Kier alpha value is -0.120. The van der Waals surface area contributed by atoms with Crippen molar-refractivity contribution >= 4 is 0 Å². The van der Waals surface area contributed by atoms with Crippen molar-refractivity contribution in [2.24, 2.45) is 17.1 Å². The third kappa shape index (κ3) is 2.94. The molecule has 1 aliphatic heterocycles. The second-order valence-electron chi connectivity index (χ2n) is 4.94. The van der Waals surface area contributed by atoms with Crippen LogP contribution in [0, 0.1) is 11.3 Å². The standard InChI is InChI=1S/C11H23NO2/c1-9(2)5-11(3-4-13)6-10(7-12)14-8-11/h9-10,13H,3-8,12H2,1-2H3/t10-,11-/m1/s1. The van der Waals surface area contributed by atoms with Crippen LogP contribution >= 0.6 is 0 Å². The van der Waals surface area contributed by atoms with Gasteiger partial charge in [-0.1, -0.05) is 13.8 Å². The fraction of sp³-hybridized carbons (Fsp3) is 1.00. The number of hydrogen-bond donors (Lipinski definition) is 2. The lowest BCUT2D eigenvalue weighted by molar-refractivity contribution is 0.0828. The fourth-order valence-electron chi connectivity index (χ4n) is 2.57. The van der Waals surface area contributed by atoms with Gasteiger partial charge in [0.1, 0.15) is 0 Å². The quantitative estimate of drug-likeness (QED) is 0.701. The summed E-state index contributed by atoms with van der Waals surface area (Å²) in [6, 6.07) is 0. The molecule has 3 heteroatoms. The van der Waals surface area contributed by atoms with E-state index in [1.54, 1.807) is 0 Å². The van der Waals surface area contributed by atoms with Gasteiger partial charge in [0.2, 0.25) is 0 Å². The van der Waals surface area contributed by atoms with E-state index in [1.807, 2.05) is 0 Å². The Morgan fingerprint density at radius 3 is 2.71 bits per heavy atom. The van der Waals surface area contributed by atoms with Gasteiger partial charge in [-0.25, -0.2) is 0 Å². The predicted octanol–water partition coefficient (Wildman–Crippen LogP) is 1.15. The fourth-order valence-corrected chi connectivity index (χ4v) is 2.57. The lowest BCUT2D eigenvalue weighted by Gasteiger charge is -2.28. The molecule has 0 unspecified atom stereocenters. The number of hydrogen-bond acceptors (Lipinski definition) is 3. The van der Waals surface area contributed by atoms with Crippen LogP contribution < -0.4 is 5.73 Å². The third-order valence-electron chi connectivity index (χ3n) is 3.03. The SMILES string of the molecule is CC(C)C[C@@]1(CCO)CO[C@@H](CN)C1. The Morgan fingerprint density at radius 1 is 1.57 bits per heavy atom. The molecule has 0 radical (unpaired) electrons. The maximum atomic E-state index is 9.08. The normalized spacial score (nSPS) is 32.8. The van der Waals surface area contributed by atoms with Crippen LogP contribution in [0.3, 0.4) is 0 Å². The molecule has 3 nitrogen and oxygen atoms in total. The zero-order valence-corrected chi connectivity index (χ0v) is 9.33. The lowest BCUT2D eigenvalue weighted by atomic mass is 9.76. The van der Waals surface area contributed by atoms with Gasteiger partial charge in [-0.2, -0.15) is 0 Å². The van der Waals surface area contributed by atoms with Gasteiger partial charge >= 0.3 is 0 Å². The van der Waals surface area contributed by atoms with E-state index in [4.69, 9.17) is 15.6 Å². The number of aliphatic hydroxyl groups is 1. The van der Waals surface area contributed by atoms with E-state index in [2.05, 4.69) is 13.8 Å². The van der Waals surface area contributed by atoms with Crippen LogP contribution in [0.4, 0.5) is 0 Å². The monoisotopic (exact) mass is 201 g/mol. The van der Waals surface area contributed by atoms with Crippen LogP contribution in [-0.2, 0) is 4.74 Å². The molecule has 1 heterocycles. The van der Waals surface area contributed by atoms with Gasteiger partial charge < -0.3 is 15.6 Å². The Balaban J connectivity index is 2.55. The van der Waals surface area contributed by atoms with Crippen molar-refractivity contribution in [3.63, 3.8) is 0 Å². The average molecular weight is 201 g/mol. The third-order valence-corrected chi connectivity index (χ3v) is 3.03. The smallest absolute Gasteiger partial charge is 0.0703 e. The molecule has 2 atom stereocenters. The zero-order chi connectivity index (χ0) is 10.6. The van der Waals surface area contributed by atoms with E-state index in [1.165, 1.54) is 0 Å². The van der Waals surface area contributed by atoms with Crippen molar-refractivity contribution in [1.29, 1.82) is 0 Å². The summed E-state index contributed by atoms with van der Waals surface area (Å²) in [6.45, 7) is 6.07. The first-order valence-corrected chi connectivity index (χ1v) is 5.54. The van der Waals surface area contributed by atoms with Crippen LogP contribution in [0.1, 0.15) is 33.1 Å². The minimum absolute atomic E-state index is 0.187. The number of nitrogens with two attached hydrogens (primary N) is 1. The maximum absolute atomic E-state index is 9.08. The van der Waals surface area contributed by atoms with Gasteiger partial charge in [0.25, 0.3) is 0 Å². The van der Waals surface area contributed by atoms with Crippen molar-refractivity contribution < 1.29 is 9.84 Å². The molecule has 0 aromatic carbocycles. The Bertz CT molecular complexity index is 173. The summed E-state index contributed by atoms with van der Waals surface area (Å²) in [7, 11) is 0. The van der Waals surface area contributed by atoms with Crippen molar-refractivity contribution in [2.75, 3.05) is 19.8 Å². The van der Waals surface area contributed by atoms with Crippen LogP contribution in [0.5, 0.6) is 0 Å². The molecule has 0 aromatic rings. The predicted molar refractivity (Wildman–Crippen MR) is 57.0 cm³/mol. The summed E-state index contributed by atoms with van der Waals surface area (Å²) in [4.78, 5) is 0. The van der Waals surface area contributed by atoms with Crippen molar-refractivity contribution in [1.82, 2.24) is 0 Å². The lowest BCUT2D eigenvalue weighted by Crippen LogP contribution is -2.26. The Labute approximate surface area is 86.6 Å². The van der Waals surface area contributed by atoms with E-state index in [9.17, 15) is 0 Å². The summed E-state index contributed by atoms with van der Waals surface area (Å²) in [5.74, 6) is 0.654. The van der Waals surface area contributed by atoms with Gasteiger partial charge in [-0.3, -0.25) is 0 Å². The van der Waals surface area contributed by atoms with Gasteiger partial charge in [0.15, 0.2) is 0 Å². The molecule has 1 saturated heterocycles. The number of aliphatic hydroxyl groups excluding tert-OH is 1. The molecule has 1 aliphatic rings. The molecule has 14 heavy (non-hydrogen) atoms. The van der Waals surface area contributed by atoms with Crippen LogP contribution in [-0.4, -0.2) is 31.0 Å². The summed E-state index contributed by atoms with van der Waals surface area (Å²) < 4.78 is 5.64. The summed E-state index contributed by atoms with van der Waals surface area (Å²) in [5, 5.41) is 9.08. The summed E-state index contributed by atoms with van der Waals surface area (Å²) in [6.07, 6.45) is 3.20. The highest BCUT2D eigenvalue weighted by atomic mass is 16.5. The van der Waals surface area contributed by atoms with E-state index in [0.29, 0.717) is 12.5 Å². The van der Waals surface area contributed by atoms with Crippen molar-refractivity contribution in [3.8, 4) is 0 Å². The van der Waals surface area contributed by atoms with Gasteiger partial charge in [0, 0.05) is 13.2 Å². The maximum Gasteiger partial charge on any atom is 0.0703 e. The molecule has 0 bridgehead atoms. The average Bonchev–Trinajstić information content (AvgIpc) is 2.48. The highest BCUT2D eigenvalue weighted by molar-refractivity contribution is 4.88. The van der Waals surface area contributed by atoms with Crippen LogP contribution in [0.2, 0.25) is 0 Å². The minimum atomic E-state index is 0.187. The highest BCUT2D eigenvalue weighted by Gasteiger charge is 2.39. The van der Waals surface area contributed by atoms with E-state index < -0.39 is 0 Å². The molecule has 84 valence electrons. The van der Waals surface area contributed by atoms with Crippen LogP contribution in [0.15, 0.2) is 0 Å². The molecular formula is C11H23NO2. The number of rotatable bonds is 5. The zero-order valence-electron chi connectivity index (χ0n) is 9.33. The first kappa shape index (κ1) is 12.0. The molecule has 0 aromatic heterocycles. The minimum Gasteiger partial charge on any atom is -0.396 e. The van der Waals surface area contributed by atoms with Crippen molar-refractivity contribution in [2.45, 2.75) is 39.2 Å². The summed E-state index contributed by atoms with van der Waals surface area (Å²) in [5.41, 5.74) is 5.78. The molecule has 0 aliphatic carbocycles. The Morgan fingerprint density at radius 2 is 2.29 bits per heavy atom. The molecule has 3 N–H and O–H groups in total. The van der Waals surface area contributed by atoms with Gasteiger partial charge in [-0.15, -0.1) is 0 Å². The molecular weight excluding hydrogens is 178 g/mol. The second kappa shape index (κ2) is 5.10.